The van der Waals surface area contributed by atoms with Gasteiger partial charge in [-0.15, -0.1) is 0 Å². The Morgan fingerprint density at radius 2 is 1.74 bits per heavy atom. The van der Waals surface area contributed by atoms with Gasteiger partial charge >= 0.3 is 0 Å². The van der Waals surface area contributed by atoms with Crippen molar-refractivity contribution in [3.63, 3.8) is 0 Å². The van der Waals surface area contributed by atoms with Crippen molar-refractivity contribution in [1.82, 2.24) is 15.2 Å². The fourth-order valence-electron chi connectivity index (χ4n) is 4.02. The summed E-state index contributed by atoms with van der Waals surface area (Å²) in [5.74, 6) is 1.59. The number of ether oxygens (including phenoxy) is 2. The van der Waals surface area contributed by atoms with Crippen LogP contribution < -0.4 is 14.8 Å². The molecule has 31 heavy (non-hydrogen) atoms. The van der Waals surface area contributed by atoms with E-state index in [0.717, 1.165) is 55.4 Å². The number of pyridine rings is 1. The number of benzene rings is 2. The third-order valence-electron chi connectivity index (χ3n) is 5.61. The van der Waals surface area contributed by atoms with Crippen molar-refractivity contribution < 1.29 is 9.47 Å². The van der Waals surface area contributed by atoms with Gasteiger partial charge in [0.2, 0.25) is 0 Å². The van der Waals surface area contributed by atoms with Crippen LogP contribution in [0.5, 0.6) is 11.5 Å². The quantitative estimate of drug-likeness (QED) is 0.564. The van der Waals surface area contributed by atoms with E-state index in [1.54, 1.807) is 0 Å². The minimum atomic E-state index is 0.249. The molecule has 0 amide bonds. The maximum atomic E-state index is 6.11. The highest BCUT2D eigenvalue weighted by molar-refractivity contribution is 5.44. The summed E-state index contributed by atoms with van der Waals surface area (Å²) in [7, 11) is 0. The zero-order valence-corrected chi connectivity index (χ0v) is 18.2. The SMILES string of the molecule is CCOc1cc(C(Cc2ccccn2)N2CCNCC2)ccc1OCc1ccccc1. The Kier molecular flexibility index (Phi) is 7.53. The van der Waals surface area contributed by atoms with Gasteiger partial charge < -0.3 is 14.8 Å². The maximum Gasteiger partial charge on any atom is 0.161 e. The van der Waals surface area contributed by atoms with E-state index in [4.69, 9.17) is 9.47 Å². The molecule has 0 radical (unpaired) electrons. The van der Waals surface area contributed by atoms with Gasteiger partial charge in [-0.25, -0.2) is 0 Å². The first-order valence-corrected chi connectivity index (χ1v) is 11.1. The molecule has 2 heterocycles. The minimum absolute atomic E-state index is 0.249. The summed E-state index contributed by atoms with van der Waals surface area (Å²) >= 11 is 0. The molecule has 5 nitrogen and oxygen atoms in total. The molecule has 1 fully saturated rings. The van der Waals surface area contributed by atoms with Crippen LogP contribution >= 0.6 is 0 Å². The molecule has 1 aliphatic heterocycles. The molecule has 0 aliphatic carbocycles. The van der Waals surface area contributed by atoms with Gasteiger partial charge in [-0.2, -0.15) is 0 Å². The lowest BCUT2D eigenvalue weighted by Gasteiger charge is -2.35. The molecule has 1 atom stereocenters. The average molecular weight is 418 g/mol. The topological polar surface area (TPSA) is 46.6 Å². The Labute approximate surface area is 185 Å². The van der Waals surface area contributed by atoms with Crippen LogP contribution in [0.2, 0.25) is 0 Å². The highest BCUT2D eigenvalue weighted by Gasteiger charge is 2.24. The number of nitrogens with zero attached hydrogens (tertiary/aromatic N) is 2. The number of piperazine rings is 1. The van der Waals surface area contributed by atoms with Crippen LogP contribution in [-0.2, 0) is 13.0 Å². The smallest absolute Gasteiger partial charge is 0.161 e. The van der Waals surface area contributed by atoms with Gasteiger partial charge in [0, 0.05) is 50.5 Å². The average Bonchev–Trinajstić information content (AvgIpc) is 2.84. The third-order valence-corrected chi connectivity index (χ3v) is 5.61. The van der Waals surface area contributed by atoms with Crippen molar-refractivity contribution in [2.75, 3.05) is 32.8 Å². The summed E-state index contributed by atoms with van der Waals surface area (Å²) in [6.45, 7) is 7.19. The first kappa shape index (κ1) is 21.3. The van der Waals surface area contributed by atoms with Crippen molar-refractivity contribution in [1.29, 1.82) is 0 Å². The Bertz CT molecular complexity index is 928. The highest BCUT2D eigenvalue weighted by atomic mass is 16.5. The second-order valence-electron chi connectivity index (χ2n) is 7.74. The van der Waals surface area contributed by atoms with E-state index in [2.05, 4.69) is 57.7 Å². The third kappa shape index (κ3) is 5.84. The molecule has 5 heteroatoms. The highest BCUT2D eigenvalue weighted by Crippen LogP contribution is 2.34. The van der Waals surface area contributed by atoms with E-state index >= 15 is 0 Å². The normalized spacial score (nSPS) is 15.4. The molecule has 4 rings (SSSR count). The minimum Gasteiger partial charge on any atom is -0.490 e. The van der Waals surface area contributed by atoms with Gasteiger partial charge in [0.25, 0.3) is 0 Å². The first-order valence-electron chi connectivity index (χ1n) is 11.1. The molecule has 1 saturated heterocycles. The zero-order valence-electron chi connectivity index (χ0n) is 18.2. The number of aromatic nitrogens is 1. The second kappa shape index (κ2) is 10.9. The van der Waals surface area contributed by atoms with Gasteiger partial charge in [0.15, 0.2) is 11.5 Å². The van der Waals surface area contributed by atoms with Gasteiger partial charge in [-0.3, -0.25) is 9.88 Å². The van der Waals surface area contributed by atoms with E-state index in [-0.39, 0.29) is 6.04 Å². The van der Waals surface area contributed by atoms with Crippen LogP contribution in [0.3, 0.4) is 0 Å². The summed E-state index contributed by atoms with van der Waals surface area (Å²) in [5.41, 5.74) is 3.49. The molecule has 0 saturated carbocycles. The van der Waals surface area contributed by atoms with Gasteiger partial charge in [0.1, 0.15) is 6.61 Å². The monoisotopic (exact) mass is 417 g/mol. The Morgan fingerprint density at radius 1 is 0.935 bits per heavy atom. The van der Waals surface area contributed by atoms with Crippen molar-refractivity contribution in [2.45, 2.75) is 26.0 Å². The van der Waals surface area contributed by atoms with Crippen LogP contribution in [-0.4, -0.2) is 42.7 Å². The van der Waals surface area contributed by atoms with Crippen LogP contribution in [0.1, 0.15) is 29.8 Å². The standard InChI is InChI=1S/C26H31N3O2/c1-2-30-26-18-22(11-12-25(26)31-20-21-8-4-3-5-9-21)24(29-16-14-27-15-17-29)19-23-10-6-7-13-28-23/h3-13,18,24,27H,2,14-17,19-20H2,1H3. The summed E-state index contributed by atoms with van der Waals surface area (Å²) in [6, 6.07) is 23.0. The van der Waals surface area contributed by atoms with Gasteiger partial charge in [-0.05, 0) is 42.3 Å². The van der Waals surface area contributed by atoms with E-state index in [1.165, 1.54) is 5.56 Å². The van der Waals surface area contributed by atoms with Crippen LogP contribution in [0.15, 0.2) is 72.9 Å². The lowest BCUT2D eigenvalue weighted by atomic mass is 9.98. The van der Waals surface area contributed by atoms with Gasteiger partial charge in [-0.1, -0.05) is 42.5 Å². The Morgan fingerprint density at radius 3 is 2.48 bits per heavy atom. The molecular formula is C26H31N3O2. The lowest BCUT2D eigenvalue weighted by molar-refractivity contribution is 0.171. The van der Waals surface area contributed by atoms with Crippen LogP contribution in [0.4, 0.5) is 0 Å². The zero-order chi connectivity index (χ0) is 21.3. The summed E-state index contributed by atoms with van der Waals surface area (Å²) < 4.78 is 12.1. The number of hydrogen-bond acceptors (Lipinski definition) is 5. The lowest BCUT2D eigenvalue weighted by Crippen LogP contribution is -2.45. The van der Waals surface area contributed by atoms with Crippen molar-refractivity contribution >= 4 is 0 Å². The van der Waals surface area contributed by atoms with E-state index < -0.39 is 0 Å². The fourth-order valence-corrected chi connectivity index (χ4v) is 4.02. The first-order chi connectivity index (χ1) is 15.3. The Hall–Kier alpha value is -2.89. The van der Waals surface area contributed by atoms with Crippen molar-refractivity contribution in [3.8, 4) is 11.5 Å². The maximum absolute atomic E-state index is 6.11. The summed E-state index contributed by atoms with van der Waals surface area (Å²) in [6.07, 6.45) is 2.74. The number of rotatable bonds is 9. The van der Waals surface area contributed by atoms with E-state index in [1.807, 2.05) is 37.4 Å². The molecule has 1 unspecified atom stereocenters. The molecule has 0 spiro atoms. The summed E-state index contributed by atoms with van der Waals surface area (Å²) in [5, 5.41) is 3.46. The molecule has 2 aromatic carbocycles. The van der Waals surface area contributed by atoms with E-state index in [9.17, 15) is 0 Å². The fraction of sp³-hybridized carbons (Fsp3) is 0.346. The predicted molar refractivity (Wildman–Crippen MR) is 124 cm³/mol. The molecule has 0 bridgehead atoms. The molecule has 1 aliphatic rings. The Balaban J connectivity index is 1.58. The predicted octanol–water partition coefficient (Wildman–Crippen LogP) is 4.25. The largest absolute Gasteiger partial charge is 0.490 e. The molecule has 1 N–H and O–H groups in total. The number of hydrogen-bond donors (Lipinski definition) is 1. The van der Waals surface area contributed by atoms with Crippen molar-refractivity contribution in [2.24, 2.45) is 0 Å². The molecule has 162 valence electrons. The van der Waals surface area contributed by atoms with E-state index in [0.29, 0.717) is 13.2 Å². The number of nitrogens with one attached hydrogen (secondary N) is 1. The van der Waals surface area contributed by atoms with Crippen LogP contribution in [0.25, 0.3) is 0 Å². The summed E-state index contributed by atoms with van der Waals surface area (Å²) in [4.78, 5) is 7.12. The van der Waals surface area contributed by atoms with Crippen molar-refractivity contribution in [3.05, 3.63) is 89.7 Å². The van der Waals surface area contributed by atoms with Crippen LogP contribution in [0, 0.1) is 0 Å². The second-order valence-corrected chi connectivity index (χ2v) is 7.74. The van der Waals surface area contributed by atoms with Gasteiger partial charge in [0.05, 0.1) is 6.61 Å². The molecule has 1 aromatic heterocycles. The molecule has 3 aromatic rings. The molecular weight excluding hydrogens is 386 g/mol.